The van der Waals surface area contributed by atoms with Crippen LogP contribution in [0.4, 0.5) is 0 Å². The lowest BCUT2D eigenvalue weighted by molar-refractivity contribution is 0.0674. The number of morpholine rings is 1. The zero-order valence-corrected chi connectivity index (χ0v) is 12.5. The number of nitrogens with two attached hydrogens (primary N) is 1. The predicted molar refractivity (Wildman–Crippen MR) is 77.5 cm³/mol. The van der Waals surface area contributed by atoms with Gasteiger partial charge in [0, 0.05) is 19.6 Å². The van der Waals surface area contributed by atoms with Crippen molar-refractivity contribution in [2.24, 2.45) is 10.7 Å². The average Bonchev–Trinajstić information content (AvgIpc) is 2.29. The third kappa shape index (κ3) is 5.86. The molecule has 0 aliphatic carbocycles. The summed E-state index contributed by atoms with van der Waals surface area (Å²) in [5, 5.41) is 0. The number of guanidine groups is 1. The van der Waals surface area contributed by atoms with Gasteiger partial charge in [0.25, 0.3) is 0 Å². The molecule has 2 N–H and O–H groups in total. The first-order valence-corrected chi connectivity index (χ1v) is 5.55. The third-order valence-corrected chi connectivity index (χ3v) is 2.63. The van der Waals surface area contributed by atoms with Crippen molar-refractivity contribution in [2.75, 3.05) is 53.0 Å². The summed E-state index contributed by atoms with van der Waals surface area (Å²) in [7, 11) is 2.08. The minimum atomic E-state index is 0. The van der Waals surface area contributed by atoms with E-state index in [1.54, 1.807) is 0 Å². The van der Waals surface area contributed by atoms with Crippen molar-refractivity contribution in [3.8, 4) is 0 Å². The molecule has 1 saturated heterocycles. The number of nitrogens with zero attached hydrogens (tertiary/aromatic N) is 3. The summed E-state index contributed by atoms with van der Waals surface area (Å²) in [6, 6.07) is 0. The maximum Gasteiger partial charge on any atom is 0.191 e. The molecule has 1 aliphatic heterocycles. The molecule has 0 aromatic rings. The van der Waals surface area contributed by atoms with E-state index in [0.717, 1.165) is 45.9 Å². The second kappa shape index (κ2) is 9.00. The smallest absolute Gasteiger partial charge is 0.191 e. The minimum absolute atomic E-state index is 0. The van der Waals surface area contributed by atoms with Crippen molar-refractivity contribution in [3.63, 3.8) is 0 Å². The van der Waals surface area contributed by atoms with E-state index in [-0.39, 0.29) is 24.0 Å². The zero-order valence-electron chi connectivity index (χ0n) is 10.2. The lowest BCUT2D eigenvalue weighted by Crippen LogP contribution is -2.45. The Balaban J connectivity index is 0.00000225. The topological polar surface area (TPSA) is 54.1 Å². The van der Waals surface area contributed by atoms with Crippen LogP contribution in [0.1, 0.15) is 6.92 Å². The van der Waals surface area contributed by atoms with Crippen LogP contribution in [0.25, 0.3) is 0 Å². The highest BCUT2D eigenvalue weighted by molar-refractivity contribution is 14.0. The van der Waals surface area contributed by atoms with E-state index in [0.29, 0.717) is 5.96 Å². The van der Waals surface area contributed by atoms with Crippen LogP contribution >= 0.6 is 24.0 Å². The monoisotopic (exact) mass is 342 g/mol. The van der Waals surface area contributed by atoms with Crippen LogP contribution in [0.2, 0.25) is 0 Å². The Labute approximate surface area is 115 Å². The Kier molecular flexibility index (Phi) is 8.96. The normalized spacial score (nSPS) is 17.4. The summed E-state index contributed by atoms with van der Waals surface area (Å²) >= 11 is 0. The van der Waals surface area contributed by atoms with Crippen LogP contribution in [0, 0.1) is 0 Å². The highest BCUT2D eigenvalue weighted by atomic mass is 127. The zero-order chi connectivity index (χ0) is 11.1. The molecule has 1 rings (SSSR count). The van der Waals surface area contributed by atoms with Crippen LogP contribution in [0.15, 0.2) is 4.99 Å². The lowest BCUT2D eigenvalue weighted by atomic mass is 10.4. The second-order valence-electron chi connectivity index (χ2n) is 3.74. The van der Waals surface area contributed by atoms with E-state index in [2.05, 4.69) is 28.8 Å². The van der Waals surface area contributed by atoms with E-state index >= 15 is 0 Å². The summed E-state index contributed by atoms with van der Waals surface area (Å²) in [4.78, 5) is 8.66. The van der Waals surface area contributed by atoms with Gasteiger partial charge in [0.1, 0.15) is 0 Å². The molecule has 0 aromatic carbocycles. The molecule has 5 nitrogen and oxygen atoms in total. The molecule has 0 aromatic heterocycles. The standard InChI is InChI=1S/C10H22N4O.HI/c1-3-13(2)5-4-12-10(11)14-6-8-15-9-7-14;/h3-9H2,1-2H3,(H2,11,12);1H. The van der Waals surface area contributed by atoms with Crippen molar-refractivity contribution in [1.82, 2.24) is 9.80 Å². The van der Waals surface area contributed by atoms with Crippen molar-refractivity contribution >= 4 is 29.9 Å². The first kappa shape index (κ1) is 15.9. The number of hydrogen-bond donors (Lipinski definition) is 1. The van der Waals surface area contributed by atoms with Gasteiger partial charge in [-0.15, -0.1) is 24.0 Å². The molecule has 0 spiro atoms. The van der Waals surface area contributed by atoms with E-state index in [9.17, 15) is 0 Å². The Morgan fingerprint density at radius 1 is 1.44 bits per heavy atom. The fourth-order valence-electron chi connectivity index (χ4n) is 1.39. The largest absolute Gasteiger partial charge is 0.378 e. The minimum Gasteiger partial charge on any atom is -0.378 e. The molecule has 0 bridgehead atoms. The quantitative estimate of drug-likeness (QED) is 0.451. The Morgan fingerprint density at radius 3 is 2.62 bits per heavy atom. The van der Waals surface area contributed by atoms with Gasteiger partial charge in [-0.25, -0.2) is 0 Å². The number of ether oxygens (including phenoxy) is 1. The van der Waals surface area contributed by atoms with Gasteiger partial charge >= 0.3 is 0 Å². The SMILES string of the molecule is CCN(C)CCN=C(N)N1CCOCC1.I. The summed E-state index contributed by atoms with van der Waals surface area (Å²) in [6.07, 6.45) is 0. The maximum absolute atomic E-state index is 5.88. The first-order chi connectivity index (χ1) is 7.24. The molecule has 0 amide bonds. The molecule has 0 saturated carbocycles. The molecule has 1 aliphatic rings. The summed E-state index contributed by atoms with van der Waals surface area (Å²) in [6.45, 7) is 8.14. The highest BCUT2D eigenvalue weighted by Crippen LogP contribution is 1.95. The highest BCUT2D eigenvalue weighted by Gasteiger charge is 2.11. The van der Waals surface area contributed by atoms with Crippen molar-refractivity contribution in [2.45, 2.75) is 6.92 Å². The molecule has 0 radical (unpaired) electrons. The number of halogens is 1. The van der Waals surface area contributed by atoms with E-state index in [1.807, 2.05) is 0 Å². The van der Waals surface area contributed by atoms with Gasteiger partial charge in [0.05, 0.1) is 19.8 Å². The van der Waals surface area contributed by atoms with Crippen LogP contribution < -0.4 is 5.73 Å². The molecule has 1 heterocycles. The van der Waals surface area contributed by atoms with Crippen LogP contribution in [0.5, 0.6) is 0 Å². The Hall–Kier alpha value is -0.0800. The van der Waals surface area contributed by atoms with Gasteiger partial charge in [-0.05, 0) is 13.6 Å². The van der Waals surface area contributed by atoms with E-state index in [4.69, 9.17) is 10.5 Å². The maximum atomic E-state index is 5.88. The fraction of sp³-hybridized carbons (Fsp3) is 0.900. The molecule has 96 valence electrons. The van der Waals surface area contributed by atoms with Crippen molar-refractivity contribution in [1.29, 1.82) is 0 Å². The third-order valence-electron chi connectivity index (χ3n) is 2.63. The van der Waals surface area contributed by atoms with Gasteiger partial charge < -0.3 is 20.3 Å². The first-order valence-electron chi connectivity index (χ1n) is 5.55. The molecule has 16 heavy (non-hydrogen) atoms. The second-order valence-corrected chi connectivity index (χ2v) is 3.74. The van der Waals surface area contributed by atoms with Crippen LogP contribution in [-0.2, 0) is 4.74 Å². The van der Waals surface area contributed by atoms with Crippen LogP contribution in [0.3, 0.4) is 0 Å². The number of likely N-dealkylation sites (N-methyl/N-ethyl adjacent to an activating group) is 1. The van der Waals surface area contributed by atoms with Crippen LogP contribution in [-0.4, -0.2) is 68.7 Å². The van der Waals surface area contributed by atoms with Crippen molar-refractivity contribution < 1.29 is 4.74 Å². The number of rotatable bonds is 4. The van der Waals surface area contributed by atoms with Gasteiger partial charge in [-0.1, -0.05) is 6.92 Å². The summed E-state index contributed by atoms with van der Waals surface area (Å²) in [5.74, 6) is 0.655. The van der Waals surface area contributed by atoms with Gasteiger partial charge in [0.15, 0.2) is 5.96 Å². The molecule has 6 heteroatoms. The van der Waals surface area contributed by atoms with E-state index in [1.165, 1.54) is 0 Å². The molecular formula is C10H23IN4O. The number of hydrogen-bond acceptors (Lipinski definition) is 3. The van der Waals surface area contributed by atoms with Gasteiger partial charge in [-0.2, -0.15) is 0 Å². The molecule has 0 unspecified atom stereocenters. The number of aliphatic imine (C=N–C) groups is 1. The van der Waals surface area contributed by atoms with E-state index < -0.39 is 0 Å². The Morgan fingerprint density at radius 2 is 2.06 bits per heavy atom. The summed E-state index contributed by atoms with van der Waals surface area (Å²) in [5.41, 5.74) is 5.88. The molecule has 0 atom stereocenters. The van der Waals surface area contributed by atoms with Gasteiger partial charge in [0.2, 0.25) is 0 Å². The summed E-state index contributed by atoms with van der Waals surface area (Å²) < 4.78 is 5.25. The predicted octanol–water partition coefficient (Wildman–Crippen LogP) is 0.203. The average molecular weight is 342 g/mol. The van der Waals surface area contributed by atoms with Gasteiger partial charge in [-0.3, -0.25) is 4.99 Å². The Bertz CT molecular complexity index is 207. The van der Waals surface area contributed by atoms with Crippen molar-refractivity contribution in [3.05, 3.63) is 0 Å². The molecular weight excluding hydrogens is 319 g/mol. The fourth-order valence-corrected chi connectivity index (χ4v) is 1.39. The molecule has 1 fully saturated rings. The lowest BCUT2D eigenvalue weighted by Gasteiger charge is -2.27.